The highest BCUT2D eigenvalue weighted by atomic mass is 32.2. The minimum absolute atomic E-state index is 0.0771. The summed E-state index contributed by atoms with van der Waals surface area (Å²) in [7, 11) is -1.41. The summed E-state index contributed by atoms with van der Waals surface area (Å²) in [5.41, 5.74) is 1.98. The lowest BCUT2D eigenvalue weighted by molar-refractivity contribution is -0.140. The molecule has 0 fully saturated rings. The number of amides is 2. The quantitative estimate of drug-likeness (QED) is 0.185. The molecule has 0 aliphatic rings. The number of nitrogens with one attached hydrogen (secondary N) is 1. The number of methoxy groups -OCH3 is 2. The maximum atomic E-state index is 14.5. The van der Waals surface area contributed by atoms with E-state index in [0.29, 0.717) is 17.9 Å². The monoisotopic (exact) mass is 643 g/mol. The third kappa shape index (κ3) is 8.45. The molecule has 9 nitrogen and oxygen atoms in total. The Balaban J connectivity index is 1.80. The first-order chi connectivity index (χ1) is 22.2. The number of hydrogen-bond acceptors (Lipinski definition) is 6. The van der Waals surface area contributed by atoms with Gasteiger partial charge in [0.2, 0.25) is 11.8 Å². The lowest BCUT2D eigenvalue weighted by atomic mass is 10.0. The van der Waals surface area contributed by atoms with Crippen LogP contribution in [0.25, 0.3) is 0 Å². The topological polar surface area (TPSA) is 105 Å². The molecule has 242 valence electrons. The molecule has 4 aromatic rings. The fraction of sp³-hybridized carbons (Fsp3) is 0.278. The summed E-state index contributed by atoms with van der Waals surface area (Å²) in [6.07, 6.45) is 0.956. The zero-order valence-corrected chi connectivity index (χ0v) is 27.4. The molecule has 0 aliphatic carbocycles. The number of para-hydroxylation sites is 1. The van der Waals surface area contributed by atoms with E-state index in [4.69, 9.17) is 9.47 Å². The van der Waals surface area contributed by atoms with Crippen molar-refractivity contribution in [2.75, 3.05) is 25.1 Å². The Morgan fingerprint density at radius 1 is 0.783 bits per heavy atom. The molecule has 4 rings (SSSR count). The second kappa shape index (κ2) is 15.9. The van der Waals surface area contributed by atoms with Crippen LogP contribution >= 0.6 is 0 Å². The highest BCUT2D eigenvalue weighted by Crippen LogP contribution is 2.32. The number of benzene rings is 4. The normalized spacial score (nSPS) is 12.4. The Hall–Kier alpha value is -4.83. The first-order valence-corrected chi connectivity index (χ1v) is 16.6. The average molecular weight is 644 g/mol. The predicted octanol–water partition coefficient (Wildman–Crippen LogP) is 5.45. The molecule has 2 atom stereocenters. The molecule has 0 unspecified atom stereocenters. The first-order valence-electron chi connectivity index (χ1n) is 15.1. The SMILES string of the molecule is CC[C@H](C)NC(=O)[C@H](Cc1ccccc1)N(Cc1ccccc1)C(=O)CN(c1ccccc1)S(=O)(=O)c1ccc(OC)c(OC)c1. The predicted molar refractivity (Wildman–Crippen MR) is 179 cm³/mol. The van der Waals surface area contributed by atoms with Crippen molar-refractivity contribution < 1.29 is 27.5 Å². The van der Waals surface area contributed by atoms with Crippen molar-refractivity contribution in [3.05, 3.63) is 120 Å². The van der Waals surface area contributed by atoms with Crippen LogP contribution in [-0.2, 0) is 32.6 Å². The maximum Gasteiger partial charge on any atom is 0.264 e. The zero-order valence-electron chi connectivity index (χ0n) is 26.6. The number of carbonyl (C=O) groups is 2. The number of ether oxygens (including phenoxy) is 2. The molecule has 0 aliphatic heterocycles. The second-order valence-corrected chi connectivity index (χ2v) is 12.8. The van der Waals surface area contributed by atoms with Crippen molar-refractivity contribution >= 4 is 27.5 Å². The third-order valence-electron chi connectivity index (χ3n) is 7.73. The van der Waals surface area contributed by atoms with E-state index in [9.17, 15) is 18.0 Å². The van der Waals surface area contributed by atoms with E-state index in [1.54, 1.807) is 30.3 Å². The van der Waals surface area contributed by atoms with Gasteiger partial charge in [0.05, 0.1) is 24.8 Å². The second-order valence-electron chi connectivity index (χ2n) is 10.9. The van der Waals surface area contributed by atoms with Gasteiger partial charge in [-0.15, -0.1) is 0 Å². The molecule has 0 aromatic heterocycles. The van der Waals surface area contributed by atoms with Gasteiger partial charge in [-0.25, -0.2) is 8.42 Å². The number of rotatable bonds is 15. The van der Waals surface area contributed by atoms with Crippen molar-refractivity contribution in [3.8, 4) is 11.5 Å². The highest BCUT2D eigenvalue weighted by Gasteiger charge is 2.35. The van der Waals surface area contributed by atoms with Gasteiger partial charge in [-0.3, -0.25) is 13.9 Å². The minimum atomic E-state index is -4.29. The first kappa shape index (κ1) is 34.1. The molecular weight excluding hydrogens is 602 g/mol. The Morgan fingerprint density at radius 2 is 1.35 bits per heavy atom. The number of carbonyl (C=O) groups excluding carboxylic acids is 2. The van der Waals surface area contributed by atoms with Crippen molar-refractivity contribution in [3.63, 3.8) is 0 Å². The summed E-state index contributed by atoms with van der Waals surface area (Å²) in [6, 6.07) is 30.5. The lowest BCUT2D eigenvalue weighted by Crippen LogP contribution is -2.54. The summed E-state index contributed by atoms with van der Waals surface area (Å²) in [6.45, 7) is 3.44. The van der Waals surface area contributed by atoms with Crippen molar-refractivity contribution in [2.24, 2.45) is 0 Å². The number of anilines is 1. The van der Waals surface area contributed by atoms with E-state index in [2.05, 4.69) is 5.32 Å². The Bertz CT molecular complexity index is 1690. The van der Waals surface area contributed by atoms with E-state index < -0.39 is 28.5 Å². The minimum Gasteiger partial charge on any atom is -0.493 e. The smallest absolute Gasteiger partial charge is 0.264 e. The van der Waals surface area contributed by atoms with Gasteiger partial charge >= 0.3 is 0 Å². The molecule has 0 saturated heterocycles. The molecule has 10 heteroatoms. The van der Waals surface area contributed by atoms with Gasteiger partial charge in [-0.05, 0) is 48.7 Å². The molecule has 4 aromatic carbocycles. The van der Waals surface area contributed by atoms with Crippen LogP contribution in [0, 0.1) is 0 Å². The molecular formula is C36H41N3O6S. The molecule has 0 saturated carbocycles. The Morgan fingerprint density at radius 3 is 1.91 bits per heavy atom. The summed E-state index contributed by atoms with van der Waals surface area (Å²) in [5.74, 6) is -0.236. The van der Waals surface area contributed by atoms with Gasteiger partial charge in [-0.2, -0.15) is 0 Å². The van der Waals surface area contributed by atoms with Crippen LogP contribution < -0.4 is 19.1 Å². The van der Waals surface area contributed by atoms with E-state index >= 15 is 0 Å². The largest absolute Gasteiger partial charge is 0.493 e. The van der Waals surface area contributed by atoms with Gasteiger partial charge in [0.25, 0.3) is 10.0 Å². The summed E-state index contributed by atoms with van der Waals surface area (Å²) in [4.78, 5) is 29.8. The fourth-order valence-electron chi connectivity index (χ4n) is 5.00. The third-order valence-corrected chi connectivity index (χ3v) is 9.50. The van der Waals surface area contributed by atoms with Gasteiger partial charge in [0.15, 0.2) is 11.5 Å². The lowest BCUT2D eigenvalue weighted by Gasteiger charge is -2.34. The summed E-state index contributed by atoms with van der Waals surface area (Å²) >= 11 is 0. The van der Waals surface area contributed by atoms with E-state index in [-0.39, 0.29) is 35.6 Å². The average Bonchev–Trinajstić information content (AvgIpc) is 3.09. The molecule has 2 amide bonds. The fourth-order valence-corrected chi connectivity index (χ4v) is 6.43. The number of hydrogen-bond donors (Lipinski definition) is 1. The highest BCUT2D eigenvalue weighted by molar-refractivity contribution is 7.92. The van der Waals surface area contributed by atoms with Crippen LogP contribution in [-0.4, -0.2) is 58.0 Å². The maximum absolute atomic E-state index is 14.5. The van der Waals surface area contributed by atoms with Crippen LogP contribution in [0.15, 0.2) is 114 Å². The molecule has 0 radical (unpaired) electrons. The van der Waals surface area contributed by atoms with Gasteiger partial charge < -0.3 is 19.7 Å². The molecule has 0 spiro atoms. The van der Waals surface area contributed by atoms with Gasteiger partial charge in [-0.1, -0.05) is 85.8 Å². The van der Waals surface area contributed by atoms with Crippen LogP contribution in [0.5, 0.6) is 11.5 Å². The van der Waals surface area contributed by atoms with Gasteiger partial charge in [0.1, 0.15) is 12.6 Å². The van der Waals surface area contributed by atoms with Crippen molar-refractivity contribution in [1.82, 2.24) is 10.2 Å². The van der Waals surface area contributed by atoms with Crippen molar-refractivity contribution in [1.29, 1.82) is 0 Å². The van der Waals surface area contributed by atoms with Crippen LogP contribution in [0.4, 0.5) is 5.69 Å². The zero-order chi connectivity index (χ0) is 33.1. The standard InChI is InChI=1S/C36H41N3O6S/c1-5-27(2)37-36(41)32(23-28-15-9-6-10-16-28)38(25-29-17-11-7-12-18-29)35(40)26-39(30-19-13-8-14-20-30)46(42,43)31-21-22-33(44-3)34(24-31)45-4/h6-22,24,27,32H,5,23,25-26H2,1-4H3,(H,37,41)/t27-,32-/m0/s1. The van der Waals surface area contributed by atoms with Crippen molar-refractivity contribution in [2.45, 2.75) is 50.2 Å². The number of sulfonamides is 1. The number of nitrogens with zero attached hydrogens (tertiary/aromatic N) is 2. The molecule has 46 heavy (non-hydrogen) atoms. The van der Waals surface area contributed by atoms with Crippen LogP contribution in [0.3, 0.4) is 0 Å². The van der Waals surface area contributed by atoms with E-state index in [1.165, 1.54) is 37.3 Å². The molecule has 0 heterocycles. The van der Waals surface area contributed by atoms with E-state index in [1.807, 2.05) is 74.5 Å². The molecule has 1 N–H and O–H groups in total. The van der Waals surface area contributed by atoms with E-state index in [0.717, 1.165) is 15.4 Å². The van der Waals surface area contributed by atoms with Gasteiger partial charge in [0, 0.05) is 25.1 Å². The summed E-state index contributed by atoms with van der Waals surface area (Å²) in [5, 5.41) is 3.05. The van der Waals surface area contributed by atoms with Crippen LogP contribution in [0.2, 0.25) is 0 Å². The van der Waals surface area contributed by atoms with Crippen LogP contribution in [0.1, 0.15) is 31.4 Å². The Labute approximate surface area is 271 Å². The molecule has 0 bridgehead atoms. The summed E-state index contributed by atoms with van der Waals surface area (Å²) < 4.78 is 40.3. The Kier molecular flexibility index (Phi) is 11.8.